The predicted octanol–water partition coefficient (Wildman–Crippen LogP) is 2.85. The van der Waals surface area contributed by atoms with Crippen LogP contribution in [0.1, 0.15) is 35.7 Å². The number of carbonyl (C=O) groups is 2. The van der Waals surface area contributed by atoms with E-state index < -0.39 is 0 Å². The van der Waals surface area contributed by atoms with E-state index in [1.165, 1.54) is 11.8 Å². The zero-order valence-corrected chi connectivity index (χ0v) is 16.5. The number of benzene rings is 1. The van der Waals surface area contributed by atoms with Gasteiger partial charge in [0.1, 0.15) is 0 Å². The minimum atomic E-state index is -0.115. The summed E-state index contributed by atoms with van der Waals surface area (Å²) in [4.78, 5) is 37.7. The van der Waals surface area contributed by atoms with Gasteiger partial charge >= 0.3 is 0 Å². The van der Waals surface area contributed by atoms with Crippen molar-refractivity contribution in [3.05, 3.63) is 53.9 Å². The monoisotopic (exact) mass is 384 g/mol. The van der Waals surface area contributed by atoms with E-state index in [1.807, 2.05) is 41.5 Å². The zero-order chi connectivity index (χ0) is 19.2. The van der Waals surface area contributed by atoms with Crippen molar-refractivity contribution in [1.82, 2.24) is 19.8 Å². The Balaban J connectivity index is 1.76. The summed E-state index contributed by atoms with van der Waals surface area (Å²) in [6.07, 6.45) is 6.15. The molecule has 0 spiro atoms. The second-order valence-corrected chi connectivity index (χ2v) is 7.30. The van der Waals surface area contributed by atoms with Gasteiger partial charge in [0.15, 0.2) is 5.16 Å². The van der Waals surface area contributed by atoms with E-state index in [9.17, 15) is 9.59 Å². The fourth-order valence-electron chi connectivity index (χ4n) is 3.27. The molecule has 1 saturated heterocycles. The molecule has 2 amide bonds. The van der Waals surface area contributed by atoms with Crippen LogP contribution < -0.4 is 0 Å². The van der Waals surface area contributed by atoms with E-state index in [4.69, 9.17) is 0 Å². The van der Waals surface area contributed by atoms with Crippen LogP contribution in [0.25, 0.3) is 0 Å². The molecule has 0 saturated carbocycles. The number of thioether (sulfide) groups is 1. The molecule has 3 rings (SSSR count). The van der Waals surface area contributed by atoms with Gasteiger partial charge < -0.3 is 9.80 Å². The molecule has 0 radical (unpaired) electrons. The summed E-state index contributed by atoms with van der Waals surface area (Å²) in [7, 11) is 0. The third-order valence-corrected chi connectivity index (χ3v) is 5.38. The average Bonchev–Trinajstić information content (AvgIpc) is 2.87. The molecule has 1 atom stereocenters. The minimum Gasteiger partial charge on any atom is -0.336 e. The molecule has 2 heterocycles. The SMILES string of the molecule is CC[C@H]1CN(C(=O)c2cnc(SC)nc2)CCC(=O)N1Cc1ccccc1. The highest BCUT2D eigenvalue weighted by Crippen LogP contribution is 2.19. The van der Waals surface area contributed by atoms with Gasteiger partial charge in [-0.2, -0.15) is 0 Å². The van der Waals surface area contributed by atoms with Gasteiger partial charge in [0.05, 0.1) is 5.56 Å². The van der Waals surface area contributed by atoms with Crippen LogP contribution >= 0.6 is 11.8 Å². The van der Waals surface area contributed by atoms with Crippen molar-refractivity contribution in [3.8, 4) is 0 Å². The van der Waals surface area contributed by atoms with Crippen molar-refractivity contribution >= 4 is 23.6 Å². The fraction of sp³-hybridized carbons (Fsp3) is 0.400. The Morgan fingerprint density at radius 1 is 1.22 bits per heavy atom. The molecular formula is C20H24N4O2S. The Morgan fingerprint density at radius 3 is 2.56 bits per heavy atom. The summed E-state index contributed by atoms with van der Waals surface area (Å²) in [5, 5.41) is 0.637. The first-order valence-corrected chi connectivity index (χ1v) is 10.3. The molecule has 0 aliphatic carbocycles. The van der Waals surface area contributed by atoms with Crippen molar-refractivity contribution in [2.45, 2.75) is 37.5 Å². The first-order valence-electron chi connectivity index (χ1n) is 9.11. The van der Waals surface area contributed by atoms with Gasteiger partial charge in [0.2, 0.25) is 5.91 Å². The van der Waals surface area contributed by atoms with Crippen LogP contribution in [-0.2, 0) is 11.3 Å². The van der Waals surface area contributed by atoms with Gasteiger partial charge in [-0.15, -0.1) is 0 Å². The molecule has 142 valence electrons. The minimum absolute atomic E-state index is 0.00412. The smallest absolute Gasteiger partial charge is 0.257 e. The van der Waals surface area contributed by atoms with Crippen LogP contribution in [0.2, 0.25) is 0 Å². The molecule has 1 fully saturated rings. The lowest BCUT2D eigenvalue weighted by atomic mass is 10.1. The molecule has 1 aliphatic rings. The number of aromatic nitrogens is 2. The van der Waals surface area contributed by atoms with Crippen molar-refractivity contribution in [2.24, 2.45) is 0 Å². The maximum absolute atomic E-state index is 12.9. The van der Waals surface area contributed by atoms with Crippen LogP contribution in [0, 0.1) is 0 Å². The summed E-state index contributed by atoms with van der Waals surface area (Å²) in [5.74, 6) is -0.0227. The van der Waals surface area contributed by atoms with E-state index in [2.05, 4.69) is 16.9 Å². The van der Waals surface area contributed by atoms with Crippen molar-refractivity contribution in [1.29, 1.82) is 0 Å². The maximum Gasteiger partial charge on any atom is 0.257 e. The highest BCUT2D eigenvalue weighted by molar-refractivity contribution is 7.98. The van der Waals surface area contributed by atoms with Crippen molar-refractivity contribution in [2.75, 3.05) is 19.3 Å². The predicted molar refractivity (Wildman–Crippen MR) is 105 cm³/mol. The summed E-state index contributed by atoms with van der Waals surface area (Å²) < 4.78 is 0. The molecule has 2 aromatic rings. The first-order chi connectivity index (χ1) is 13.1. The summed E-state index contributed by atoms with van der Waals surface area (Å²) >= 11 is 1.44. The van der Waals surface area contributed by atoms with E-state index in [0.29, 0.717) is 36.8 Å². The third-order valence-electron chi connectivity index (χ3n) is 4.80. The second kappa shape index (κ2) is 8.99. The van der Waals surface area contributed by atoms with Crippen LogP contribution in [0.15, 0.2) is 47.9 Å². The number of nitrogens with zero attached hydrogens (tertiary/aromatic N) is 4. The van der Waals surface area contributed by atoms with Gasteiger partial charge in [0, 0.05) is 44.5 Å². The largest absolute Gasteiger partial charge is 0.336 e. The lowest BCUT2D eigenvalue weighted by molar-refractivity contribution is -0.133. The van der Waals surface area contributed by atoms with Crippen molar-refractivity contribution in [3.63, 3.8) is 0 Å². The molecule has 0 bridgehead atoms. The van der Waals surface area contributed by atoms with Gasteiger partial charge in [-0.3, -0.25) is 9.59 Å². The lowest BCUT2D eigenvalue weighted by Crippen LogP contribution is -2.43. The quantitative estimate of drug-likeness (QED) is 0.586. The number of rotatable bonds is 5. The van der Waals surface area contributed by atoms with Crippen molar-refractivity contribution < 1.29 is 9.59 Å². The summed E-state index contributed by atoms with van der Waals surface area (Å²) in [5.41, 5.74) is 1.57. The Hall–Kier alpha value is -2.41. The standard InChI is InChI=1S/C20H24N4O2S/c1-3-17-14-23(19(26)16-11-21-20(27-2)22-12-16)10-9-18(25)24(17)13-15-7-5-4-6-8-15/h4-8,11-12,17H,3,9-10,13-14H2,1-2H3/t17-/m0/s1. The third kappa shape index (κ3) is 4.66. The number of amides is 2. The molecule has 27 heavy (non-hydrogen) atoms. The highest BCUT2D eigenvalue weighted by atomic mass is 32.2. The molecular weight excluding hydrogens is 360 g/mol. The van der Waals surface area contributed by atoms with E-state index >= 15 is 0 Å². The van der Waals surface area contributed by atoms with Gasteiger partial charge in [-0.25, -0.2) is 9.97 Å². The molecule has 1 aromatic heterocycles. The Kier molecular flexibility index (Phi) is 6.45. The van der Waals surface area contributed by atoms with Crippen LogP contribution in [0.4, 0.5) is 0 Å². The molecule has 1 aromatic carbocycles. The van der Waals surface area contributed by atoms with Gasteiger partial charge in [-0.05, 0) is 18.2 Å². The molecule has 0 N–H and O–H groups in total. The number of hydrogen-bond donors (Lipinski definition) is 0. The second-order valence-electron chi connectivity index (χ2n) is 6.53. The Labute approximate surface area is 164 Å². The Bertz CT molecular complexity index is 782. The summed E-state index contributed by atoms with van der Waals surface area (Å²) in [6.45, 7) is 3.58. The van der Waals surface area contributed by atoms with E-state index in [-0.39, 0.29) is 17.9 Å². The van der Waals surface area contributed by atoms with Crippen LogP contribution in [-0.4, -0.2) is 57.0 Å². The topological polar surface area (TPSA) is 66.4 Å². The molecule has 6 nitrogen and oxygen atoms in total. The molecule has 1 aliphatic heterocycles. The number of hydrogen-bond acceptors (Lipinski definition) is 5. The first kappa shape index (κ1) is 19.4. The number of carbonyl (C=O) groups excluding carboxylic acids is 2. The normalized spacial score (nSPS) is 17.7. The maximum atomic E-state index is 12.9. The van der Waals surface area contributed by atoms with Gasteiger partial charge in [0.25, 0.3) is 5.91 Å². The van der Waals surface area contributed by atoms with Crippen LogP contribution in [0.5, 0.6) is 0 Å². The molecule has 7 heteroatoms. The fourth-order valence-corrected chi connectivity index (χ4v) is 3.58. The van der Waals surface area contributed by atoms with Gasteiger partial charge in [-0.1, -0.05) is 49.0 Å². The average molecular weight is 385 g/mol. The van der Waals surface area contributed by atoms with E-state index in [0.717, 1.165) is 12.0 Å². The van der Waals surface area contributed by atoms with Crippen LogP contribution in [0.3, 0.4) is 0 Å². The summed E-state index contributed by atoms with van der Waals surface area (Å²) in [6, 6.07) is 9.97. The lowest BCUT2D eigenvalue weighted by Gasteiger charge is -2.31. The zero-order valence-electron chi connectivity index (χ0n) is 15.7. The Morgan fingerprint density at radius 2 is 1.93 bits per heavy atom. The molecule has 0 unspecified atom stereocenters. The van der Waals surface area contributed by atoms with E-state index in [1.54, 1.807) is 17.3 Å². The highest BCUT2D eigenvalue weighted by Gasteiger charge is 2.31.